The Bertz CT molecular complexity index is 509. The van der Waals surface area contributed by atoms with E-state index in [1.54, 1.807) is 12.1 Å². The van der Waals surface area contributed by atoms with Crippen molar-refractivity contribution in [2.45, 2.75) is 18.4 Å². The summed E-state index contributed by atoms with van der Waals surface area (Å²) >= 11 is 0. The van der Waals surface area contributed by atoms with Gasteiger partial charge in [0.25, 0.3) is 0 Å². The van der Waals surface area contributed by atoms with Crippen LogP contribution < -0.4 is 10.1 Å². The van der Waals surface area contributed by atoms with Gasteiger partial charge in [-0.1, -0.05) is 0 Å². The van der Waals surface area contributed by atoms with Gasteiger partial charge in [-0.25, -0.2) is 4.39 Å². The quantitative estimate of drug-likeness (QED) is 0.849. The fourth-order valence-electron chi connectivity index (χ4n) is 2.45. The Morgan fingerprint density at radius 2 is 2.29 bits per heavy atom. The number of halogens is 1. The molecule has 4 heteroatoms. The van der Waals surface area contributed by atoms with Gasteiger partial charge in [-0.15, -0.1) is 0 Å². The molecule has 1 fully saturated rings. The topological polar surface area (TPSA) is 45.0 Å². The van der Waals surface area contributed by atoms with Gasteiger partial charge in [-0.2, -0.15) is 5.26 Å². The SMILES string of the molecule is CN[C@@H]1COc2cc(C3CC3C#N)c(F)cc21. The van der Waals surface area contributed by atoms with Crippen LogP contribution in [0.5, 0.6) is 5.75 Å². The first-order valence-electron chi connectivity index (χ1n) is 5.77. The molecule has 0 amide bonds. The third kappa shape index (κ3) is 1.58. The van der Waals surface area contributed by atoms with Crippen LogP contribution in [-0.4, -0.2) is 13.7 Å². The zero-order valence-electron chi connectivity index (χ0n) is 9.53. The minimum atomic E-state index is -0.211. The molecule has 1 aliphatic heterocycles. The predicted octanol–water partition coefficient (Wildman–Crippen LogP) is 2.11. The lowest BCUT2D eigenvalue weighted by Crippen LogP contribution is -2.17. The Kier molecular flexibility index (Phi) is 2.30. The van der Waals surface area contributed by atoms with Crippen molar-refractivity contribution in [2.75, 3.05) is 13.7 Å². The second kappa shape index (κ2) is 3.71. The third-order valence-corrected chi connectivity index (χ3v) is 3.61. The number of nitrogens with one attached hydrogen (secondary N) is 1. The fourth-order valence-corrected chi connectivity index (χ4v) is 2.45. The lowest BCUT2D eigenvalue weighted by atomic mass is 10.0. The molecular formula is C13H13FN2O. The second-order valence-corrected chi connectivity index (χ2v) is 4.64. The van der Waals surface area contributed by atoms with Gasteiger partial charge < -0.3 is 10.1 Å². The van der Waals surface area contributed by atoms with Crippen LogP contribution in [0.1, 0.15) is 29.5 Å². The van der Waals surface area contributed by atoms with Gasteiger partial charge in [-0.3, -0.25) is 0 Å². The molecule has 0 saturated heterocycles. The number of hydrogen-bond donors (Lipinski definition) is 1. The van der Waals surface area contributed by atoms with Gasteiger partial charge in [0.2, 0.25) is 0 Å². The molecule has 0 radical (unpaired) electrons. The number of ether oxygens (including phenoxy) is 1. The van der Waals surface area contributed by atoms with Gasteiger partial charge in [0.1, 0.15) is 18.2 Å². The van der Waals surface area contributed by atoms with E-state index in [9.17, 15) is 4.39 Å². The van der Waals surface area contributed by atoms with Crippen molar-refractivity contribution >= 4 is 0 Å². The van der Waals surface area contributed by atoms with E-state index in [0.29, 0.717) is 12.2 Å². The molecule has 1 aromatic rings. The van der Waals surface area contributed by atoms with Crippen molar-refractivity contribution in [1.29, 1.82) is 5.26 Å². The number of rotatable bonds is 2. The Balaban J connectivity index is 1.97. The number of nitriles is 1. The molecule has 3 atom stereocenters. The molecule has 0 spiro atoms. The van der Waals surface area contributed by atoms with E-state index in [-0.39, 0.29) is 23.7 Å². The maximum atomic E-state index is 14.0. The standard InChI is InChI=1S/C13H13FN2O/c1-16-12-6-17-13-4-9(8-2-7(8)5-15)11(14)3-10(12)13/h3-4,7-8,12,16H,2,6H2,1H3/t7?,8?,12-/m1/s1. The molecule has 1 aromatic carbocycles. The smallest absolute Gasteiger partial charge is 0.127 e. The van der Waals surface area contributed by atoms with Gasteiger partial charge >= 0.3 is 0 Å². The minimum Gasteiger partial charge on any atom is -0.491 e. The minimum absolute atomic E-state index is 0.0240. The van der Waals surface area contributed by atoms with Crippen LogP contribution in [0, 0.1) is 23.1 Å². The van der Waals surface area contributed by atoms with Crippen molar-refractivity contribution in [1.82, 2.24) is 5.32 Å². The first-order chi connectivity index (χ1) is 8.24. The number of likely N-dealkylation sites (N-methyl/N-ethyl adjacent to an activating group) is 1. The molecule has 17 heavy (non-hydrogen) atoms. The second-order valence-electron chi connectivity index (χ2n) is 4.64. The Morgan fingerprint density at radius 3 is 2.94 bits per heavy atom. The molecular weight excluding hydrogens is 219 g/mol. The van der Waals surface area contributed by atoms with Crippen molar-refractivity contribution in [3.05, 3.63) is 29.1 Å². The summed E-state index contributed by atoms with van der Waals surface area (Å²) in [6, 6.07) is 5.57. The van der Waals surface area contributed by atoms with Gasteiger partial charge in [0, 0.05) is 11.5 Å². The maximum Gasteiger partial charge on any atom is 0.127 e. The van der Waals surface area contributed by atoms with Crippen LogP contribution in [-0.2, 0) is 0 Å². The summed E-state index contributed by atoms with van der Waals surface area (Å²) in [6.07, 6.45) is 0.766. The summed E-state index contributed by atoms with van der Waals surface area (Å²) in [7, 11) is 1.83. The molecule has 0 aromatic heterocycles. The van der Waals surface area contributed by atoms with Crippen LogP contribution in [0.4, 0.5) is 4.39 Å². The number of hydrogen-bond acceptors (Lipinski definition) is 3. The maximum absolute atomic E-state index is 14.0. The summed E-state index contributed by atoms with van der Waals surface area (Å²) in [5.74, 6) is 0.577. The van der Waals surface area contributed by atoms with Crippen molar-refractivity contribution < 1.29 is 9.13 Å². The summed E-state index contributed by atoms with van der Waals surface area (Å²) in [5.41, 5.74) is 1.51. The molecule has 1 heterocycles. The van der Waals surface area contributed by atoms with Crippen molar-refractivity contribution in [2.24, 2.45) is 5.92 Å². The molecule has 1 aliphatic carbocycles. The summed E-state index contributed by atoms with van der Waals surface area (Å²) in [5, 5.41) is 11.9. The molecule has 1 saturated carbocycles. The highest BCUT2D eigenvalue weighted by molar-refractivity contribution is 5.46. The number of nitrogens with zero attached hydrogens (tertiary/aromatic N) is 1. The lowest BCUT2D eigenvalue weighted by molar-refractivity contribution is 0.318. The van der Waals surface area contributed by atoms with Crippen LogP contribution in [0.3, 0.4) is 0 Å². The highest BCUT2D eigenvalue weighted by Gasteiger charge is 2.41. The van der Waals surface area contributed by atoms with Gasteiger partial charge in [0.05, 0.1) is 18.0 Å². The third-order valence-electron chi connectivity index (χ3n) is 3.61. The van der Waals surface area contributed by atoms with Crippen LogP contribution in [0.2, 0.25) is 0 Å². The molecule has 1 N–H and O–H groups in total. The van der Waals surface area contributed by atoms with Crippen LogP contribution in [0.15, 0.2) is 12.1 Å². The van der Waals surface area contributed by atoms with E-state index in [1.807, 2.05) is 7.05 Å². The normalized spacial score (nSPS) is 29.4. The molecule has 0 bridgehead atoms. The monoisotopic (exact) mass is 232 g/mol. The van der Waals surface area contributed by atoms with Gasteiger partial charge in [-0.05, 0) is 31.2 Å². The molecule has 88 valence electrons. The van der Waals surface area contributed by atoms with Crippen LogP contribution in [0.25, 0.3) is 0 Å². The Hall–Kier alpha value is -1.60. The fraction of sp³-hybridized carbons (Fsp3) is 0.462. The van der Waals surface area contributed by atoms with Crippen LogP contribution >= 0.6 is 0 Å². The Morgan fingerprint density at radius 1 is 1.47 bits per heavy atom. The number of fused-ring (bicyclic) bond motifs is 1. The summed E-state index contributed by atoms with van der Waals surface area (Å²) in [6.45, 7) is 0.543. The van der Waals surface area contributed by atoms with Crippen molar-refractivity contribution in [3.8, 4) is 11.8 Å². The van der Waals surface area contributed by atoms with E-state index in [0.717, 1.165) is 17.7 Å². The van der Waals surface area contributed by atoms with Crippen molar-refractivity contribution in [3.63, 3.8) is 0 Å². The molecule has 2 unspecified atom stereocenters. The molecule has 2 aliphatic rings. The lowest BCUT2D eigenvalue weighted by Gasteiger charge is -2.08. The van der Waals surface area contributed by atoms with E-state index < -0.39 is 0 Å². The number of benzene rings is 1. The highest BCUT2D eigenvalue weighted by atomic mass is 19.1. The molecule has 3 rings (SSSR count). The summed E-state index contributed by atoms with van der Waals surface area (Å²) in [4.78, 5) is 0. The summed E-state index contributed by atoms with van der Waals surface area (Å²) < 4.78 is 19.5. The molecule has 3 nitrogen and oxygen atoms in total. The van der Waals surface area contributed by atoms with E-state index in [2.05, 4.69) is 11.4 Å². The highest BCUT2D eigenvalue weighted by Crippen LogP contribution is 2.49. The van der Waals surface area contributed by atoms with E-state index in [1.165, 1.54) is 0 Å². The first kappa shape index (κ1) is 10.5. The zero-order valence-corrected chi connectivity index (χ0v) is 9.53. The predicted molar refractivity (Wildman–Crippen MR) is 60.2 cm³/mol. The average molecular weight is 232 g/mol. The zero-order chi connectivity index (χ0) is 12.0. The van der Waals surface area contributed by atoms with Gasteiger partial charge in [0.15, 0.2) is 0 Å². The largest absolute Gasteiger partial charge is 0.491 e. The first-order valence-corrected chi connectivity index (χ1v) is 5.77. The van der Waals surface area contributed by atoms with E-state index in [4.69, 9.17) is 10.00 Å². The van der Waals surface area contributed by atoms with E-state index >= 15 is 0 Å². The Labute approximate surface area is 99.2 Å². The average Bonchev–Trinajstić information content (AvgIpc) is 3.02.